The van der Waals surface area contributed by atoms with E-state index in [2.05, 4.69) is 20.5 Å². The molecule has 3 aromatic rings. The summed E-state index contributed by atoms with van der Waals surface area (Å²) in [6, 6.07) is 9.80. The van der Waals surface area contributed by atoms with E-state index in [9.17, 15) is 4.79 Å². The zero-order valence-corrected chi connectivity index (χ0v) is 12.9. The molecular formula is C16H16N4OS. The molecule has 1 unspecified atom stereocenters. The van der Waals surface area contributed by atoms with Gasteiger partial charge in [-0.25, -0.2) is 4.98 Å². The molecule has 5 nitrogen and oxygen atoms in total. The summed E-state index contributed by atoms with van der Waals surface area (Å²) in [7, 11) is 0. The fraction of sp³-hybridized carbons (Fsp3) is 0.188. The summed E-state index contributed by atoms with van der Waals surface area (Å²) >= 11 is 1.50. The molecule has 0 saturated carbocycles. The van der Waals surface area contributed by atoms with Gasteiger partial charge in [-0.2, -0.15) is 5.10 Å². The maximum Gasteiger partial charge on any atom is 0.232 e. The lowest BCUT2D eigenvalue weighted by atomic mass is 9.95. The van der Waals surface area contributed by atoms with Crippen molar-refractivity contribution in [2.45, 2.75) is 19.3 Å². The van der Waals surface area contributed by atoms with Gasteiger partial charge in [0.2, 0.25) is 5.91 Å². The molecule has 6 heteroatoms. The Morgan fingerprint density at radius 1 is 1.36 bits per heavy atom. The molecule has 22 heavy (non-hydrogen) atoms. The minimum atomic E-state index is -0.180. The molecule has 0 spiro atoms. The number of benzene rings is 1. The lowest BCUT2D eigenvalue weighted by Gasteiger charge is -2.15. The Balaban J connectivity index is 1.81. The molecule has 3 rings (SSSR count). The van der Waals surface area contributed by atoms with Crippen molar-refractivity contribution < 1.29 is 4.79 Å². The van der Waals surface area contributed by atoms with E-state index in [-0.39, 0.29) is 11.8 Å². The minimum Gasteiger partial charge on any atom is -0.322 e. The highest BCUT2D eigenvalue weighted by Gasteiger charge is 2.20. The maximum absolute atomic E-state index is 12.6. The van der Waals surface area contributed by atoms with Crippen molar-refractivity contribution in [3.63, 3.8) is 0 Å². The van der Waals surface area contributed by atoms with Crippen LogP contribution in [-0.4, -0.2) is 21.1 Å². The summed E-state index contributed by atoms with van der Waals surface area (Å²) in [4.78, 5) is 16.8. The molecule has 112 valence electrons. The number of nitrogens with one attached hydrogen (secondary N) is 2. The number of carbonyl (C=O) groups is 1. The number of rotatable bonds is 5. The van der Waals surface area contributed by atoms with Gasteiger partial charge in [-0.3, -0.25) is 9.89 Å². The van der Waals surface area contributed by atoms with Crippen molar-refractivity contribution in [2.75, 3.05) is 5.32 Å². The van der Waals surface area contributed by atoms with Crippen LogP contribution in [0.1, 0.15) is 24.8 Å². The van der Waals surface area contributed by atoms with Crippen LogP contribution in [0, 0.1) is 0 Å². The number of thiazole rings is 1. The Hall–Kier alpha value is -2.47. The molecule has 0 aliphatic rings. The average molecular weight is 312 g/mol. The summed E-state index contributed by atoms with van der Waals surface area (Å²) in [6.45, 7) is 2.01. The van der Waals surface area contributed by atoms with Crippen molar-refractivity contribution >= 4 is 22.9 Å². The van der Waals surface area contributed by atoms with Crippen LogP contribution in [0.4, 0.5) is 5.69 Å². The van der Waals surface area contributed by atoms with E-state index in [1.165, 1.54) is 11.3 Å². The quantitative estimate of drug-likeness (QED) is 0.755. The van der Waals surface area contributed by atoms with Crippen LogP contribution in [0.2, 0.25) is 0 Å². The van der Waals surface area contributed by atoms with Crippen LogP contribution < -0.4 is 5.32 Å². The number of hydrogen-bond donors (Lipinski definition) is 2. The molecule has 2 aromatic heterocycles. The van der Waals surface area contributed by atoms with E-state index in [1.807, 2.05) is 42.6 Å². The van der Waals surface area contributed by atoms with Crippen molar-refractivity contribution in [1.29, 1.82) is 0 Å². The average Bonchev–Trinajstić information content (AvgIpc) is 3.20. The number of amides is 1. The fourth-order valence-corrected chi connectivity index (χ4v) is 3.01. The van der Waals surface area contributed by atoms with Gasteiger partial charge >= 0.3 is 0 Å². The highest BCUT2D eigenvalue weighted by Crippen LogP contribution is 2.28. The number of aromatic amines is 1. The highest BCUT2D eigenvalue weighted by molar-refractivity contribution is 7.13. The van der Waals surface area contributed by atoms with Crippen LogP contribution in [0.25, 0.3) is 10.7 Å². The SMILES string of the molecule is CCC(C(=O)Nc1cn[nH]c1-c1nccs1)c1ccccc1. The monoisotopic (exact) mass is 312 g/mol. The molecule has 0 saturated heterocycles. The lowest BCUT2D eigenvalue weighted by Crippen LogP contribution is -2.20. The second-order valence-electron chi connectivity index (χ2n) is 4.86. The minimum absolute atomic E-state index is 0.0343. The molecule has 0 aliphatic heterocycles. The number of carbonyl (C=O) groups excluding carboxylic acids is 1. The van der Waals surface area contributed by atoms with Gasteiger partial charge in [0.1, 0.15) is 10.7 Å². The Kier molecular flexibility index (Phi) is 4.29. The van der Waals surface area contributed by atoms with Gasteiger partial charge in [0.05, 0.1) is 17.8 Å². The van der Waals surface area contributed by atoms with Crippen LogP contribution in [0.5, 0.6) is 0 Å². The van der Waals surface area contributed by atoms with E-state index >= 15 is 0 Å². The van der Waals surface area contributed by atoms with E-state index in [0.29, 0.717) is 5.69 Å². The molecule has 1 aromatic carbocycles. The van der Waals surface area contributed by atoms with Crippen LogP contribution in [-0.2, 0) is 4.79 Å². The number of aromatic nitrogens is 3. The molecule has 2 heterocycles. The molecule has 0 bridgehead atoms. The standard InChI is InChI=1S/C16H16N4OS/c1-2-12(11-6-4-3-5-7-11)15(21)19-13-10-18-20-14(13)16-17-8-9-22-16/h3-10,12H,2H2,1H3,(H,18,20)(H,19,21). The topological polar surface area (TPSA) is 70.7 Å². The smallest absolute Gasteiger partial charge is 0.232 e. The second-order valence-corrected chi connectivity index (χ2v) is 5.75. The van der Waals surface area contributed by atoms with E-state index in [1.54, 1.807) is 12.4 Å². The Labute approximate surface area is 132 Å². The van der Waals surface area contributed by atoms with Crippen LogP contribution in [0.15, 0.2) is 48.1 Å². The fourth-order valence-electron chi connectivity index (χ4n) is 2.37. The molecule has 1 atom stereocenters. The first-order valence-electron chi connectivity index (χ1n) is 7.08. The first kappa shape index (κ1) is 14.5. The summed E-state index contributed by atoms with van der Waals surface area (Å²) in [6.07, 6.45) is 4.08. The molecule has 1 amide bonds. The van der Waals surface area contributed by atoms with Crippen LogP contribution >= 0.6 is 11.3 Å². The Bertz CT molecular complexity index is 737. The first-order valence-corrected chi connectivity index (χ1v) is 7.96. The van der Waals surface area contributed by atoms with E-state index in [0.717, 1.165) is 22.7 Å². The first-order chi connectivity index (χ1) is 10.8. The third-order valence-electron chi connectivity index (χ3n) is 3.47. The highest BCUT2D eigenvalue weighted by atomic mass is 32.1. The molecule has 0 radical (unpaired) electrons. The predicted molar refractivity (Wildman–Crippen MR) is 87.8 cm³/mol. The summed E-state index contributed by atoms with van der Waals surface area (Å²) in [5, 5.41) is 12.6. The second kappa shape index (κ2) is 6.53. The predicted octanol–water partition coefficient (Wildman–Crippen LogP) is 3.67. The van der Waals surface area contributed by atoms with E-state index < -0.39 is 0 Å². The van der Waals surface area contributed by atoms with Crippen LogP contribution in [0.3, 0.4) is 0 Å². The molecule has 2 N–H and O–H groups in total. The van der Waals surface area contributed by atoms with Gasteiger partial charge in [-0.05, 0) is 12.0 Å². The van der Waals surface area contributed by atoms with E-state index in [4.69, 9.17) is 0 Å². The van der Waals surface area contributed by atoms with Crippen molar-refractivity contribution in [2.24, 2.45) is 0 Å². The normalized spacial score (nSPS) is 12.0. The van der Waals surface area contributed by atoms with Crippen molar-refractivity contribution in [3.8, 4) is 10.7 Å². The van der Waals surface area contributed by atoms with Crippen molar-refractivity contribution in [3.05, 3.63) is 53.7 Å². The summed E-state index contributed by atoms with van der Waals surface area (Å²) < 4.78 is 0. The lowest BCUT2D eigenvalue weighted by molar-refractivity contribution is -0.117. The number of nitrogens with zero attached hydrogens (tertiary/aromatic N) is 2. The van der Waals surface area contributed by atoms with Gasteiger partial charge in [-0.15, -0.1) is 11.3 Å². The van der Waals surface area contributed by atoms with Gasteiger partial charge in [-0.1, -0.05) is 37.3 Å². The number of hydrogen-bond acceptors (Lipinski definition) is 4. The molecular weight excluding hydrogens is 296 g/mol. The van der Waals surface area contributed by atoms with Gasteiger partial charge in [0.25, 0.3) is 0 Å². The van der Waals surface area contributed by atoms with Gasteiger partial charge in [0.15, 0.2) is 0 Å². The van der Waals surface area contributed by atoms with Gasteiger partial charge < -0.3 is 5.32 Å². The van der Waals surface area contributed by atoms with Gasteiger partial charge in [0, 0.05) is 11.6 Å². The third kappa shape index (κ3) is 2.92. The largest absolute Gasteiger partial charge is 0.322 e. The Morgan fingerprint density at radius 3 is 2.86 bits per heavy atom. The zero-order valence-electron chi connectivity index (χ0n) is 12.1. The Morgan fingerprint density at radius 2 is 2.18 bits per heavy atom. The summed E-state index contributed by atoms with van der Waals surface area (Å²) in [5.74, 6) is -0.215. The molecule has 0 fully saturated rings. The van der Waals surface area contributed by atoms with Crippen molar-refractivity contribution in [1.82, 2.24) is 15.2 Å². The number of anilines is 1. The maximum atomic E-state index is 12.6. The summed E-state index contributed by atoms with van der Waals surface area (Å²) in [5.41, 5.74) is 2.42. The molecule has 0 aliphatic carbocycles. The zero-order chi connectivity index (χ0) is 15.4. The third-order valence-corrected chi connectivity index (χ3v) is 4.26. The number of H-pyrrole nitrogens is 1.